The molecule has 1 aliphatic rings. The van der Waals surface area contributed by atoms with E-state index in [0.29, 0.717) is 0 Å². The minimum Gasteiger partial charge on any atom is -0.457 e. The maximum atomic E-state index is 6.04. The highest BCUT2D eigenvalue weighted by molar-refractivity contribution is 6.30. The van der Waals surface area contributed by atoms with E-state index in [0.717, 1.165) is 35.3 Å². The lowest BCUT2D eigenvalue weighted by atomic mass is 9.99. The molecule has 0 N–H and O–H groups in total. The molecule has 0 saturated heterocycles. The average molecular weight is 375 g/mol. The van der Waals surface area contributed by atoms with Gasteiger partial charge in [0.2, 0.25) is 0 Å². The first kappa shape index (κ1) is 17.9. The van der Waals surface area contributed by atoms with E-state index < -0.39 is 0 Å². The van der Waals surface area contributed by atoms with E-state index in [1.807, 2.05) is 48.5 Å². The van der Waals surface area contributed by atoms with Gasteiger partial charge in [0.05, 0.1) is 0 Å². The fourth-order valence-corrected chi connectivity index (χ4v) is 3.47. The van der Waals surface area contributed by atoms with E-state index in [2.05, 4.69) is 36.4 Å². The summed E-state index contributed by atoms with van der Waals surface area (Å²) in [6.45, 7) is 0. The maximum Gasteiger partial charge on any atom is 0.127 e. The Bertz CT molecular complexity index is 909. The molecule has 136 valence electrons. The second kappa shape index (κ2) is 8.45. The van der Waals surface area contributed by atoms with Crippen LogP contribution in [0.2, 0.25) is 5.02 Å². The summed E-state index contributed by atoms with van der Waals surface area (Å²) in [5, 5.41) is 0.795. The summed E-state index contributed by atoms with van der Waals surface area (Å²) in [5.41, 5.74) is 4.08. The Morgan fingerprint density at radius 2 is 1.63 bits per heavy atom. The SMILES string of the molecule is Clc1ccc(/C(=C/CCc2cccc(Oc3ccccc3)c2)C2CC2)cc1. The largest absolute Gasteiger partial charge is 0.457 e. The molecule has 0 heterocycles. The van der Waals surface area contributed by atoms with Crippen LogP contribution in [0.25, 0.3) is 5.57 Å². The molecule has 1 saturated carbocycles. The van der Waals surface area contributed by atoms with E-state index in [1.54, 1.807) is 0 Å². The summed E-state index contributed by atoms with van der Waals surface area (Å²) in [5.74, 6) is 2.48. The number of aryl methyl sites for hydroxylation is 1. The van der Waals surface area contributed by atoms with Crippen molar-refractivity contribution in [3.05, 3.63) is 101 Å². The molecular formula is C25H23ClO. The van der Waals surface area contributed by atoms with E-state index >= 15 is 0 Å². The van der Waals surface area contributed by atoms with Gasteiger partial charge in [0, 0.05) is 5.02 Å². The summed E-state index contributed by atoms with van der Waals surface area (Å²) in [6.07, 6.45) is 7.05. The van der Waals surface area contributed by atoms with Gasteiger partial charge in [-0.15, -0.1) is 0 Å². The lowest BCUT2D eigenvalue weighted by Gasteiger charge is -2.09. The van der Waals surface area contributed by atoms with Crippen LogP contribution in [0, 0.1) is 5.92 Å². The first-order valence-electron chi connectivity index (χ1n) is 9.56. The van der Waals surface area contributed by atoms with E-state index in [1.165, 1.54) is 29.5 Å². The van der Waals surface area contributed by atoms with Crippen molar-refractivity contribution in [2.45, 2.75) is 25.7 Å². The van der Waals surface area contributed by atoms with Crippen molar-refractivity contribution >= 4 is 17.2 Å². The van der Waals surface area contributed by atoms with Crippen LogP contribution in [0.4, 0.5) is 0 Å². The van der Waals surface area contributed by atoms with Crippen LogP contribution in [0.3, 0.4) is 0 Å². The van der Waals surface area contributed by atoms with Crippen LogP contribution < -0.4 is 4.74 Å². The number of halogens is 1. The van der Waals surface area contributed by atoms with Crippen LogP contribution in [-0.2, 0) is 6.42 Å². The Balaban J connectivity index is 1.42. The second-order valence-electron chi connectivity index (χ2n) is 7.04. The number of benzene rings is 3. The number of rotatable bonds is 7. The van der Waals surface area contributed by atoms with Crippen molar-refractivity contribution in [3.8, 4) is 11.5 Å². The van der Waals surface area contributed by atoms with Crippen molar-refractivity contribution in [3.63, 3.8) is 0 Å². The zero-order chi connectivity index (χ0) is 18.5. The lowest BCUT2D eigenvalue weighted by Crippen LogP contribution is -1.90. The molecule has 0 atom stereocenters. The average Bonchev–Trinajstić information content (AvgIpc) is 3.52. The highest BCUT2D eigenvalue weighted by Crippen LogP contribution is 2.42. The summed E-state index contributed by atoms with van der Waals surface area (Å²) in [4.78, 5) is 0. The van der Waals surface area contributed by atoms with Crippen LogP contribution in [-0.4, -0.2) is 0 Å². The molecule has 1 nitrogen and oxygen atoms in total. The molecule has 0 amide bonds. The molecule has 0 bridgehead atoms. The van der Waals surface area contributed by atoms with Crippen LogP contribution in [0.15, 0.2) is 84.9 Å². The van der Waals surface area contributed by atoms with Crippen LogP contribution in [0.5, 0.6) is 11.5 Å². The Hall–Kier alpha value is -2.51. The Labute approximate surface area is 166 Å². The molecule has 1 aliphatic carbocycles. The van der Waals surface area contributed by atoms with Crippen molar-refractivity contribution in [2.24, 2.45) is 5.92 Å². The molecular weight excluding hydrogens is 352 g/mol. The van der Waals surface area contributed by atoms with Crippen LogP contribution >= 0.6 is 11.6 Å². The Morgan fingerprint density at radius 1 is 0.889 bits per heavy atom. The van der Waals surface area contributed by atoms with Crippen molar-refractivity contribution in [1.82, 2.24) is 0 Å². The van der Waals surface area contributed by atoms with Gasteiger partial charge in [0.15, 0.2) is 0 Å². The minimum absolute atomic E-state index is 0.721. The molecule has 0 radical (unpaired) electrons. The monoisotopic (exact) mass is 374 g/mol. The molecule has 0 aliphatic heterocycles. The smallest absolute Gasteiger partial charge is 0.127 e. The molecule has 3 aromatic carbocycles. The van der Waals surface area contributed by atoms with Gasteiger partial charge in [-0.1, -0.05) is 60.1 Å². The molecule has 27 heavy (non-hydrogen) atoms. The maximum absolute atomic E-state index is 6.04. The highest BCUT2D eigenvalue weighted by atomic mass is 35.5. The quantitative estimate of drug-likeness (QED) is 0.414. The summed E-state index contributed by atoms with van der Waals surface area (Å²) in [6, 6.07) is 26.6. The molecule has 0 aromatic heterocycles. The predicted molar refractivity (Wildman–Crippen MR) is 113 cm³/mol. The fourth-order valence-electron chi connectivity index (χ4n) is 3.34. The number of hydrogen-bond acceptors (Lipinski definition) is 1. The molecule has 4 rings (SSSR count). The van der Waals surface area contributed by atoms with E-state index in [-0.39, 0.29) is 0 Å². The predicted octanol–water partition coefficient (Wildman–Crippen LogP) is 7.56. The number of hydrogen-bond donors (Lipinski definition) is 0. The topological polar surface area (TPSA) is 9.23 Å². The number of para-hydroxylation sites is 1. The minimum atomic E-state index is 0.721. The summed E-state index contributed by atoms with van der Waals surface area (Å²) < 4.78 is 5.95. The van der Waals surface area contributed by atoms with Crippen LogP contribution in [0.1, 0.15) is 30.4 Å². The fraction of sp³-hybridized carbons (Fsp3) is 0.200. The number of ether oxygens (including phenoxy) is 1. The lowest BCUT2D eigenvalue weighted by molar-refractivity contribution is 0.482. The highest BCUT2D eigenvalue weighted by Gasteiger charge is 2.26. The van der Waals surface area contributed by atoms with E-state index in [9.17, 15) is 0 Å². The third kappa shape index (κ3) is 5.02. The zero-order valence-corrected chi connectivity index (χ0v) is 16.0. The molecule has 0 unspecified atom stereocenters. The van der Waals surface area contributed by atoms with Gasteiger partial charge in [-0.3, -0.25) is 0 Å². The van der Waals surface area contributed by atoms with Gasteiger partial charge < -0.3 is 4.74 Å². The molecule has 0 spiro atoms. The van der Waals surface area contributed by atoms with E-state index in [4.69, 9.17) is 16.3 Å². The summed E-state index contributed by atoms with van der Waals surface area (Å²) in [7, 11) is 0. The van der Waals surface area contributed by atoms with Crippen molar-refractivity contribution < 1.29 is 4.74 Å². The second-order valence-corrected chi connectivity index (χ2v) is 7.48. The van der Waals surface area contributed by atoms with Gasteiger partial charge in [0.1, 0.15) is 11.5 Å². The standard InChI is InChI=1S/C25H23ClO/c26-22-16-14-21(15-17-22)25(20-12-13-20)11-5-7-19-6-4-10-24(18-19)27-23-8-2-1-3-9-23/h1-4,6,8-11,14-18,20H,5,7,12-13H2/b25-11+. The summed E-state index contributed by atoms with van der Waals surface area (Å²) >= 11 is 6.04. The van der Waals surface area contributed by atoms with Crippen molar-refractivity contribution in [2.75, 3.05) is 0 Å². The van der Waals surface area contributed by atoms with Gasteiger partial charge in [-0.2, -0.15) is 0 Å². The zero-order valence-electron chi connectivity index (χ0n) is 15.3. The third-order valence-electron chi connectivity index (χ3n) is 4.87. The first-order valence-corrected chi connectivity index (χ1v) is 9.93. The normalized spacial score (nSPS) is 14.2. The molecule has 3 aromatic rings. The Morgan fingerprint density at radius 3 is 2.37 bits per heavy atom. The van der Waals surface area contributed by atoms with Gasteiger partial charge >= 0.3 is 0 Å². The van der Waals surface area contributed by atoms with Crippen molar-refractivity contribution in [1.29, 1.82) is 0 Å². The van der Waals surface area contributed by atoms with Gasteiger partial charge in [0.25, 0.3) is 0 Å². The first-order chi connectivity index (χ1) is 13.3. The molecule has 2 heteroatoms. The molecule has 1 fully saturated rings. The third-order valence-corrected chi connectivity index (χ3v) is 5.12. The Kier molecular flexibility index (Phi) is 5.60. The van der Waals surface area contributed by atoms with Gasteiger partial charge in [-0.05, 0) is 84.7 Å². The van der Waals surface area contributed by atoms with Gasteiger partial charge in [-0.25, -0.2) is 0 Å². The number of allylic oxidation sites excluding steroid dienone is 2.